The van der Waals surface area contributed by atoms with Gasteiger partial charge in [0.1, 0.15) is 11.6 Å². The Morgan fingerprint density at radius 2 is 1.86 bits per heavy atom. The summed E-state index contributed by atoms with van der Waals surface area (Å²) in [6.07, 6.45) is 1.97. The molecule has 4 aromatic rings. The minimum atomic E-state index is 0.399. The number of ether oxygens (including phenoxy) is 2. The van der Waals surface area contributed by atoms with Crippen molar-refractivity contribution in [1.29, 1.82) is 5.26 Å². The molecular formula is C30H29N3O2. The SMILES string of the molecule is COc1ccc(CNc2nc3ccc(-c4c(C)cccc4C#N)cc3cc2C2CCOCC2)cc1. The van der Waals surface area contributed by atoms with Crippen LogP contribution >= 0.6 is 0 Å². The van der Waals surface area contributed by atoms with Crippen molar-refractivity contribution in [2.24, 2.45) is 0 Å². The zero-order valence-corrected chi connectivity index (χ0v) is 20.2. The molecule has 2 heterocycles. The minimum absolute atomic E-state index is 0.399. The Morgan fingerprint density at radius 1 is 1.06 bits per heavy atom. The normalized spacial score (nSPS) is 14.0. The first-order valence-electron chi connectivity index (χ1n) is 12.1. The number of fused-ring (bicyclic) bond motifs is 1. The molecule has 0 bridgehead atoms. The first kappa shape index (κ1) is 22.9. The Morgan fingerprint density at radius 3 is 2.60 bits per heavy atom. The molecule has 0 saturated carbocycles. The van der Waals surface area contributed by atoms with E-state index in [0.29, 0.717) is 18.0 Å². The van der Waals surface area contributed by atoms with Gasteiger partial charge in [-0.3, -0.25) is 0 Å². The lowest BCUT2D eigenvalue weighted by molar-refractivity contribution is 0.0854. The molecule has 1 aromatic heterocycles. The molecule has 0 radical (unpaired) electrons. The molecule has 1 fully saturated rings. The molecular weight excluding hydrogens is 434 g/mol. The molecule has 5 heteroatoms. The Labute approximate surface area is 206 Å². The summed E-state index contributed by atoms with van der Waals surface area (Å²) in [6.45, 7) is 4.29. The number of benzene rings is 3. The van der Waals surface area contributed by atoms with Gasteiger partial charge >= 0.3 is 0 Å². The smallest absolute Gasteiger partial charge is 0.130 e. The number of nitrogens with one attached hydrogen (secondary N) is 1. The van der Waals surface area contributed by atoms with Crippen LogP contribution in [-0.4, -0.2) is 25.3 Å². The van der Waals surface area contributed by atoms with Gasteiger partial charge in [0, 0.05) is 30.7 Å². The van der Waals surface area contributed by atoms with Crippen molar-refractivity contribution in [3.05, 3.63) is 89.0 Å². The monoisotopic (exact) mass is 463 g/mol. The van der Waals surface area contributed by atoms with Crippen LogP contribution < -0.4 is 10.1 Å². The molecule has 0 spiro atoms. The second-order valence-electron chi connectivity index (χ2n) is 9.03. The van der Waals surface area contributed by atoms with E-state index in [-0.39, 0.29) is 0 Å². The van der Waals surface area contributed by atoms with Crippen LogP contribution in [0.1, 0.15) is 41.0 Å². The van der Waals surface area contributed by atoms with Crippen molar-refractivity contribution in [2.75, 3.05) is 25.6 Å². The summed E-state index contributed by atoms with van der Waals surface area (Å²) >= 11 is 0. The van der Waals surface area contributed by atoms with Crippen molar-refractivity contribution in [3.63, 3.8) is 0 Å². The summed E-state index contributed by atoms with van der Waals surface area (Å²) in [4.78, 5) is 5.06. The van der Waals surface area contributed by atoms with Crippen LogP contribution in [0.5, 0.6) is 5.75 Å². The number of aryl methyl sites for hydroxylation is 1. The van der Waals surface area contributed by atoms with Crippen LogP contribution in [0.4, 0.5) is 5.82 Å². The van der Waals surface area contributed by atoms with Gasteiger partial charge in [0.2, 0.25) is 0 Å². The summed E-state index contributed by atoms with van der Waals surface area (Å²) in [6, 6.07) is 24.9. The predicted octanol–water partition coefficient (Wildman–Crippen LogP) is 6.60. The molecule has 1 aliphatic rings. The average molecular weight is 464 g/mol. The van der Waals surface area contributed by atoms with Crippen LogP contribution in [0.2, 0.25) is 0 Å². The first-order chi connectivity index (χ1) is 17.2. The summed E-state index contributed by atoms with van der Waals surface area (Å²) in [7, 11) is 1.68. The Balaban J connectivity index is 1.54. The van der Waals surface area contributed by atoms with Crippen molar-refractivity contribution >= 4 is 16.7 Å². The second-order valence-corrected chi connectivity index (χ2v) is 9.03. The van der Waals surface area contributed by atoms with Crippen molar-refractivity contribution < 1.29 is 9.47 Å². The zero-order chi connectivity index (χ0) is 24.2. The number of nitriles is 1. The van der Waals surface area contributed by atoms with Gasteiger partial charge in [-0.05, 0) is 84.3 Å². The first-order valence-corrected chi connectivity index (χ1v) is 12.1. The van der Waals surface area contributed by atoms with Crippen LogP contribution in [-0.2, 0) is 11.3 Å². The van der Waals surface area contributed by atoms with Gasteiger partial charge < -0.3 is 14.8 Å². The highest BCUT2D eigenvalue weighted by molar-refractivity contribution is 5.88. The van der Waals surface area contributed by atoms with Gasteiger partial charge in [0.05, 0.1) is 24.3 Å². The maximum atomic E-state index is 9.66. The summed E-state index contributed by atoms with van der Waals surface area (Å²) in [5.74, 6) is 2.18. The van der Waals surface area contributed by atoms with E-state index in [4.69, 9.17) is 14.5 Å². The van der Waals surface area contributed by atoms with Gasteiger partial charge in [0.25, 0.3) is 0 Å². The quantitative estimate of drug-likeness (QED) is 0.349. The Kier molecular flexibility index (Phi) is 6.65. The minimum Gasteiger partial charge on any atom is -0.497 e. The van der Waals surface area contributed by atoms with E-state index in [0.717, 1.165) is 65.2 Å². The Bertz CT molecular complexity index is 1380. The maximum Gasteiger partial charge on any atom is 0.130 e. The number of nitrogens with zero attached hydrogens (tertiary/aromatic N) is 2. The van der Waals surface area contributed by atoms with Gasteiger partial charge in [-0.2, -0.15) is 5.26 Å². The molecule has 5 rings (SSSR count). The van der Waals surface area contributed by atoms with Crippen molar-refractivity contribution in [2.45, 2.75) is 32.2 Å². The van der Waals surface area contributed by atoms with Crippen LogP contribution in [0, 0.1) is 18.3 Å². The molecule has 5 nitrogen and oxygen atoms in total. The number of pyridine rings is 1. The molecule has 0 unspecified atom stereocenters. The standard InChI is InChI=1S/C30H29N3O2/c1-20-4-3-5-24(18-31)29(20)23-8-11-28-25(16-23)17-27(22-12-14-35-15-13-22)30(33-28)32-19-21-6-9-26(34-2)10-7-21/h3-11,16-17,22H,12-15,19H2,1-2H3,(H,32,33). The van der Waals surface area contributed by atoms with Gasteiger partial charge in [-0.25, -0.2) is 4.98 Å². The summed E-state index contributed by atoms with van der Waals surface area (Å²) in [5, 5.41) is 14.3. The van der Waals surface area contributed by atoms with E-state index in [2.05, 4.69) is 60.8 Å². The highest BCUT2D eigenvalue weighted by Crippen LogP contribution is 2.36. The van der Waals surface area contributed by atoms with Crippen molar-refractivity contribution in [1.82, 2.24) is 4.98 Å². The van der Waals surface area contributed by atoms with Gasteiger partial charge in [-0.15, -0.1) is 0 Å². The molecule has 0 amide bonds. The van der Waals surface area contributed by atoms with Crippen LogP contribution in [0.25, 0.3) is 22.0 Å². The average Bonchev–Trinajstić information content (AvgIpc) is 2.91. The number of hydrogen-bond donors (Lipinski definition) is 1. The largest absolute Gasteiger partial charge is 0.497 e. The Hall–Kier alpha value is -3.88. The third-order valence-electron chi connectivity index (χ3n) is 6.81. The predicted molar refractivity (Wildman–Crippen MR) is 140 cm³/mol. The zero-order valence-electron chi connectivity index (χ0n) is 20.2. The van der Waals surface area contributed by atoms with E-state index in [9.17, 15) is 5.26 Å². The molecule has 0 aliphatic carbocycles. The number of rotatable bonds is 6. The molecule has 1 saturated heterocycles. The van der Waals surface area contributed by atoms with Crippen LogP contribution in [0.15, 0.2) is 66.7 Å². The van der Waals surface area contributed by atoms with E-state index in [1.807, 2.05) is 24.3 Å². The second kappa shape index (κ2) is 10.2. The summed E-state index contributed by atoms with van der Waals surface area (Å²) in [5.41, 5.74) is 7.17. The third kappa shape index (κ3) is 4.84. The number of anilines is 1. The lowest BCUT2D eigenvalue weighted by Crippen LogP contribution is -2.16. The molecule has 1 aliphatic heterocycles. The fraction of sp³-hybridized carbons (Fsp3) is 0.267. The van der Waals surface area contributed by atoms with Gasteiger partial charge in [0.15, 0.2) is 0 Å². The lowest BCUT2D eigenvalue weighted by Gasteiger charge is -2.25. The van der Waals surface area contributed by atoms with E-state index >= 15 is 0 Å². The maximum absolute atomic E-state index is 9.66. The summed E-state index contributed by atoms with van der Waals surface area (Å²) < 4.78 is 10.9. The van der Waals surface area contributed by atoms with Crippen molar-refractivity contribution in [3.8, 4) is 22.9 Å². The third-order valence-corrected chi connectivity index (χ3v) is 6.81. The highest BCUT2D eigenvalue weighted by atomic mass is 16.5. The fourth-order valence-corrected chi connectivity index (χ4v) is 4.88. The van der Waals surface area contributed by atoms with E-state index in [1.54, 1.807) is 7.11 Å². The number of hydrogen-bond acceptors (Lipinski definition) is 5. The van der Waals surface area contributed by atoms with Gasteiger partial charge in [-0.1, -0.05) is 30.3 Å². The molecule has 3 aromatic carbocycles. The molecule has 35 heavy (non-hydrogen) atoms. The lowest BCUT2D eigenvalue weighted by atomic mass is 9.90. The molecule has 0 atom stereocenters. The molecule has 1 N–H and O–H groups in total. The topological polar surface area (TPSA) is 67.2 Å². The number of aromatic nitrogens is 1. The highest BCUT2D eigenvalue weighted by Gasteiger charge is 2.21. The fourth-order valence-electron chi connectivity index (χ4n) is 4.88. The molecule has 176 valence electrons. The van der Waals surface area contributed by atoms with E-state index in [1.165, 1.54) is 11.1 Å². The van der Waals surface area contributed by atoms with Crippen LogP contribution in [0.3, 0.4) is 0 Å². The number of methoxy groups -OCH3 is 1. The van der Waals surface area contributed by atoms with E-state index < -0.39 is 0 Å².